The van der Waals surface area contributed by atoms with Crippen LogP contribution in [0.5, 0.6) is 0 Å². The van der Waals surface area contributed by atoms with Crippen LogP contribution in [0.15, 0.2) is 140 Å². The number of likely N-dealkylation sites (tertiary alicyclic amines) is 2. The monoisotopic (exact) mass is 1470 g/mol. The van der Waals surface area contributed by atoms with E-state index in [1.165, 1.54) is 29.2 Å². The first kappa shape index (κ1) is 80.8. The number of piperidine rings is 2. The molecule has 4 aliphatic rings. The highest BCUT2D eigenvalue weighted by molar-refractivity contribution is 5.96. The average molecular weight is 1470 g/mol. The second-order valence-electron chi connectivity index (χ2n) is 26.6. The number of likely N-dealkylation sites (N-methyl/N-ethyl adjacent to an activating group) is 2. The van der Waals surface area contributed by atoms with E-state index in [0.29, 0.717) is 120 Å². The predicted molar refractivity (Wildman–Crippen MR) is 382 cm³/mol. The number of nitrogens with one attached hydrogen (secondary N) is 1. The molecule has 16 nitrogen and oxygen atoms in total. The minimum absolute atomic E-state index is 0. The van der Waals surface area contributed by atoms with Gasteiger partial charge in [-0.1, -0.05) is 91.3 Å². The Morgan fingerprint density at radius 2 is 1.29 bits per heavy atom. The highest BCUT2D eigenvalue weighted by Gasteiger charge is 2.50. The molecule has 2 atom stereocenters. The van der Waals surface area contributed by atoms with Crippen molar-refractivity contribution in [2.24, 2.45) is 0 Å². The van der Waals surface area contributed by atoms with Gasteiger partial charge in [-0.2, -0.15) is 26.3 Å². The number of ether oxygens (including phenoxy) is 2. The van der Waals surface area contributed by atoms with Crippen LogP contribution in [0.25, 0.3) is 11.1 Å². The molecule has 5 amide bonds. The fourth-order valence-corrected chi connectivity index (χ4v) is 14.4. The molecule has 26 heteroatoms. The van der Waals surface area contributed by atoms with Crippen molar-refractivity contribution in [1.29, 1.82) is 0 Å². The third-order valence-corrected chi connectivity index (χ3v) is 20.2. The molecule has 0 aromatic heterocycles. The zero-order chi connectivity index (χ0) is 69.9. The summed E-state index contributed by atoms with van der Waals surface area (Å²) >= 11 is 0. The van der Waals surface area contributed by atoms with Gasteiger partial charge in [0.15, 0.2) is 0 Å². The van der Waals surface area contributed by atoms with Crippen molar-refractivity contribution in [2.75, 3.05) is 117 Å². The number of anilines is 2. The number of aryl methyl sites for hydroxylation is 1. The number of unbranched alkanes of at least 4 members (excludes halogenated alkanes) is 2. The van der Waals surface area contributed by atoms with E-state index in [-0.39, 0.29) is 92.7 Å². The molecular formula is C75H90Cl3F7N8O8. The maximum absolute atomic E-state index is 14.3. The molecule has 3 heterocycles. The third kappa shape index (κ3) is 19.8. The molecule has 6 aromatic carbocycles. The summed E-state index contributed by atoms with van der Waals surface area (Å²) in [5.74, 6) is -1.84. The number of benzene rings is 6. The van der Waals surface area contributed by atoms with Crippen LogP contribution < -0.4 is 10.2 Å². The first-order valence-corrected chi connectivity index (χ1v) is 33.7. The van der Waals surface area contributed by atoms with E-state index in [2.05, 4.69) is 27.2 Å². The second kappa shape index (κ2) is 35.6. The molecule has 3 fully saturated rings. The Morgan fingerprint density at radius 3 is 1.95 bits per heavy atom. The molecule has 101 heavy (non-hydrogen) atoms. The zero-order valence-electron chi connectivity index (χ0n) is 57.2. The van der Waals surface area contributed by atoms with E-state index >= 15 is 0 Å². The van der Waals surface area contributed by atoms with Crippen LogP contribution in [0.1, 0.15) is 118 Å². The molecule has 2 N–H and O–H groups in total. The number of carbonyl (C=O) groups is 5. The van der Waals surface area contributed by atoms with Gasteiger partial charge in [-0.05, 0) is 160 Å². The van der Waals surface area contributed by atoms with Crippen LogP contribution in [-0.4, -0.2) is 183 Å². The lowest BCUT2D eigenvalue weighted by molar-refractivity contribution is -0.143. The standard InChI is InChI=1S/C75H87F7N8O8.3ClH/c1-52-44-55(23-28-64(52)83-34-14-6-9-22-67(91)85(3)42-43-87-37-29-61(30-38-87)90(71(95)96)65-21-13-11-19-62(65)53-16-7-5-8-17-53)69(93)86(4)36-15-35-84(2)68(92)49-97-66-47-54-18-10-12-20-63(54)72(66)31-39-88(40-32-72)41-33-73(57-24-26-60(76)27-25-57)50-89(51-98-73)70(94)56-45-58(74(77,78)79)48-59(46-56)75(80,81)82;;;/h5,7-8,10-13,16-21,23-28,44-46,48,61,66,83H,6,9,14-15,22,29-43,47,49-51H2,1-4H3,(H,95,96);3*1H/t66-,73+;;;/m0.../s1. The minimum Gasteiger partial charge on any atom is -0.465 e. The normalized spacial score (nSPS) is 17.6. The maximum atomic E-state index is 14.3. The lowest BCUT2D eigenvalue weighted by atomic mass is 9.72. The summed E-state index contributed by atoms with van der Waals surface area (Å²) in [7, 11) is 5.30. The highest BCUT2D eigenvalue weighted by Crippen LogP contribution is 2.49. The Morgan fingerprint density at radius 1 is 0.663 bits per heavy atom. The van der Waals surface area contributed by atoms with Gasteiger partial charge in [0.1, 0.15) is 24.8 Å². The molecule has 0 unspecified atom stereocenters. The van der Waals surface area contributed by atoms with Crippen molar-refractivity contribution >= 4 is 78.3 Å². The Labute approximate surface area is 604 Å². The molecule has 3 aliphatic heterocycles. The lowest BCUT2D eigenvalue weighted by Gasteiger charge is -2.44. The number of fused-ring (bicyclic) bond motifs is 2. The van der Waals surface area contributed by atoms with Gasteiger partial charge in [0.05, 0.1) is 29.5 Å². The smallest absolute Gasteiger partial charge is 0.416 e. The molecule has 10 rings (SSSR count). The molecule has 6 aromatic rings. The van der Waals surface area contributed by atoms with Crippen LogP contribution >= 0.6 is 37.2 Å². The van der Waals surface area contributed by atoms with Crippen molar-refractivity contribution < 1.29 is 69.3 Å². The van der Waals surface area contributed by atoms with Gasteiger partial charge in [-0.15, -0.1) is 37.2 Å². The van der Waals surface area contributed by atoms with Crippen molar-refractivity contribution in [3.63, 3.8) is 0 Å². The van der Waals surface area contributed by atoms with E-state index in [4.69, 9.17) is 9.47 Å². The topological polar surface area (TPSA) is 159 Å². The van der Waals surface area contributed by atoms with Gasteiger partial charge in [-0.3, -0.25) is 24.1 Å². The van der Waals surface area contributed by atoms with Gasteiger partial charge in [0.2, 0.25) is 11.8 Å². The van der Waals surface area contributed by atoms with Crippen LogP contribution in [0, 0.1) is 12.7 Å². The molecule has 0 radical (unpaired) electrons. The van der Waals surface area contributed by atoms with Crippen LogP contribution in [0.2, 0.25) is 0 Å². The maximum Gasteiger partial charge on any atom is 0.416 e. The van der Waals surface area contributed by atoms with E-state index in [1.54, 1.807) is 28.8 Å². The van der Waals surface area contributed by atoms with Crippen molar-refractivity contribution in [3.8, 4) is 11.1 Å². The Bertz CT molecular complexity index is 3740. The molecule has 0 bridgehead atoms. The minimum atomic E-state index is -5.15. The fourth-order valence-electron chi connectivity index (χ4n) is 14.4. The van der Waals surface area contributed by atoms with Gasteiger partial charge in [0.25, 0.3) is 11.8 Å². The third-order valence-electron chi connectivity index (χ3n) is 20.2. The number of rotatable bonds is 26. The summed E-state index contributed by atoms with van der Waals surface area (Å²) in [6.07, 6.45) is -4.48. The zero-order valence-corrected chi connectivity index (χ0v) is 59.7. The van der Waals surface area contributed by atoms with Crippen LogP contribution in [0.3, 0.4) is 0 Å². The number of hydrogen-bond donors (Lipinski definition) is 2. The molecule has 0 saturated carbocycles. The van der Waals surface area contributed by atoms with E-state index < -0.39 is 64.6 Å². The van der Waals surface area contributed by atoms with Crippen molar-refractivity contribution in [2.45, 2.75) is 113 Å². The van der Waals surface area contributed by atoms with E-state index in [1.807, 2.05) is 98.9 Å². The number of carboxylic acid groups (broad SMARTS) is 1. The molecule has 1 spiro atoms. The first-order chi connectivity index (χ1) is 46.8. The fraction of sp³-hybridized carbons (Fsp3) is 0.453. The van der Waals surface area contributed by atoms with Gasteiger partial charge in [0, 0.05) is 114 Å². The molecular weight excluding hydrogens is 1380 g/mol. The van der Waals surface area contributed by atoms with Crippen LogP contribution in [0.4, 0.5) is 46.9 Å². The number of nitrogens with zero attached hydrogens (tertiary/aromatic N) is 7. The summed E-state index contributed by atoms with van der Waals surface area (Å²) in [6.45, 7) is 7.11. The summed E-state index contributed by atoms with van der Waals surface area (Å²) in [6, 6.07) is 37.3. The number of hydrogen-bond acceptors (Lipinski definition) is 10. The van der Waals surface area contributed by atoms with E-state index in [9.17, 15) is 59.8 Å². The Kier molecular flexibility index (Phi) is 28.5. The van der Waals surface area contributed by atoms with Crippen LogP contribution in [-0.2, 0) is 48.9 Å². The average Bonchev–Trinajstić information content (AvgIpc) is 1.60. The number of amides is 5. The summed E-state index contributed by atoms with van der Waals surface area (Å²) in [5, 5.41) is 13.9. The molecule has 3 saturated heterocycles. The number of para-hydroxylation sites is 1. The summed E-state index contributed by atoms with van der Waals surface area (Å²) in [5.41, 5.74) is 2.06. The largest absolute Gasteiger partial charge is 0.465 e. The number of alkyl halides is 6. The lowest BCUT2D eigenvalue weighted by Crippen LogP contribution is -2.50. The Hall–Kier alpha value is -7.51. The quantitative estimate of drug-likeness (QED) is 0.0393. The summed E-state index contributed by atoms with van der Waals surface area (Å²) < 4.78 is 110. The second-order valence-corrected chi connectivity index (χ2v) is 26.6. The van der Waals surface area contributed by atoms with Gasteiger partial charge >= 0.3 is 18.4 Å². The number of carbonyl (C=O) groups excluding carboxylic acids is 4. The SMILES string of the molecule is Cc1cc(C(=O)N(C)CCCN(C)C(=O)CO[C@H]2Cc3ccccc3C23CCN(CC[C@]2(c4ccc(F)cc4)CN(C(=O)c4cc(C(F)(F)F)cc(C(F)(F)F)c4)CO2)CC3)ccc1NCCCCCC(=O)N(C)CCN1CCC(N(C(=O)O)c2ccccc2-c2ccccc2)CC1.Cl.Cl.Cl. The summed E-state index contributed by atoms with van der Waals surface area (Å²) in [4.78, 5) is 79.0. The van der Waals surface area contributed by atoms with Crippen molar-refractivity contribution in [3.05, 3.63) is 190 Å². The highest BCUT2D eigenvalue weighted by atomic mass is 35.5. The molecule has 548 valence electrons. The predicted octanol–water partition coefficient (Wildman–Crippen LogP) is 14.5. The van der Waals surface area contributed by atoms with Gasteiger partial charge in [-0.25, -0.2) is 9.18 Å². The first-order valence-electron chi connectivity index (χ1n) is 33.7. The Balaban J connectivity index is 0.00000477. The molecule has 1 aliphatic carbocycles. The van der Waals surface area contributed by atoms with E-state index in [0.717, 1.165) is 77.3 Å². The number of halogens is 10. The van der Waals surface area contributed by atoms with Gasteiger partial charge < -0.3 is 49.3 Å². The van der Waals surface area contributed by atoms with Crippen molar-refractivity contribution in [1.82, 2.24) is 29.4 Å².